The Labute approximate surface area is 155 Å². The maximum Gasteiger partial charge on any atom is 0.243 e. The van der Waals surface area contributed by atoms with Crippen LogP contribution in [0.5, 0.6) is 0 Å². The van der Waals surface area contributed by atoms with Gasteiger partial charge in [0.1, 0.15) is 0 Å². The van der Waals surface area contributed by atoms with Crippen molar-refractivity contribution in [1.29, 1.82) is 0 Å². The van der Waals surface area contributed by atoms with Crippen molar-refractivity contribution in [3.8, 4) is 0 Å². The number of piperazine rings is 1. The number of nitrogens with zero attached hydrogens (tertiary/aromatic N) is 2. The number of rotatable bonds is 5. The summed E-state index contributed by atoms with van der Waals surface area (Å²) in [6.45, 7) is 6.72. The zero-order valence-corrected chi connectivity index (χ0v) is 16.1. The Morgan fingerprint density at radius 3 is 2.50 bits per heavy atom. The van der Waals surface area contributed by atoms with Crippen LogP contribution in [0, 0.1) is 6.92 Å². The minimum absolute atomic E-state index is 0.114. The van der Waals surface area contributed by atoms with Crippen LogP contribution < -0.4 is 10.6 Å². The molecule has 0 aliphatic carbocycles. The number of hydrogen-bond donors (Lipinski definition) is 2. The molecule has 0 atom stereocenters. The summed E-state index contributed by atoms with van der Waals surface area (Å²) in [6.07, 6.45) is 2.88. The van der Waals surface area contributed by atoms with Crippen molar-refractivity contribution in [1.82, 2.24) is 14.5 Å². The molecule has 0 unspecified atom stereocenters. The largest absolute Gasteiger partial charge is 0.325 e. The Kier molecular flexibility index (Phi) is 6.29. The molecule has 7 nitrogen and oxygen atoms in total. The Balaban J connectivity index is 1.71. The van der Waals surface area contributed by atoms with Crippen LogP contribution in [0.15, 0.2) is 23.1 Å². The number of hydrogen-bond acceptors (Lipinski definition) is 5. The number of benzene rings is 1. The first kappa shape index (κ1) is 19.3. The van der Waals surface area contributed by atoms with Crippen LogP contribution in [-0.2, 0) is 14.8 Å². The normalized spacial score (nSPS) is 20.0. The topological polar surface area (TPSA) is 81.8 Å². The fraction of sp³-hybridized carbons (Fsp3) is 0.611. The van der Waals surface area contributed by atoms with Crippen molar-refractivity contribution in [3.05, 3.63) is 23.8 Å². The van der Waals surface area contributed by atoms with E-state index < -0.39 is 10.0 Å². The van der Waals surface area contributed by atoms with Gasteiger partial charge in [0.15, 0.2) is 0 Å². The molecule has 2 fully saturated rings. The molecule has 2 heterocycles. The zero-order valence-electron chi connectivity index (χ0n) is 15.3. The van der Waals surface area contributed by atoms with Gasteiger partial charge in [-0.05, 0) is 37.5 Å². The van der Waals surface area contributed by atoms with E-state index in [1.165, 1.54) is 0 Å². The molecule has 1 aromatic rings. The number of sulfonamides is 1. The van der Waals surface area contributed by atoms with Crippen LogP contribution in [0.25, 0.3) is 0 Å². The summed E-state index contributed by atoms with van der Waals surface area (Å²) in [6, 6.07) is 5.12. The highest BCUT2D eigenvalue weighted by atomic mass is 32.2. The Hall–Kier alpha value is -1.48. The molecule has 0 saturated carbocycles. The monoisotopic (exact) mass is 380 g/mol. The maximum absolute atomic E-state index is 13.0. The highest BCUT2D eigenvalue weighted by Crippen LogP contribution is 2.26. The minimum Gasteiger partial charge on any atom is -0.325 e. The van der Waals surface area contributed by atoms with E-state index in [0.717, 1.165) is 45.4 Å². The summed E-state index contributed by atoms with van der Waals surface area (Å²) in [5, 5.41) is 6.10. The van der Waals surface area contributed by atoms with Crippen molar-refractivity contribution in [2.75, 3.05) is 51.1 Å². The predicted octanol–water partition coefficient (Wildman–Crippen LogP) is 1.01. The van der Waals surface area contributed by atoms with Gasteiger partial charge in [0.2, 0.25) is 15.9 Å². The molecule has 1 amide bonds. The van der Waals surface area contributed by atoms with Crippen LogP contribution in [-0.4, -0.2) is 69.3 Å². The fourth-order valence-electron chi connectivity index (χ4n) is 3.47. The predicted molar refractivity (Wildman–Crippen MR) is 102 cm³/mol. The van der Waals surface area contributed by atoms with Crippen LogP contribution in [0.4, 0.5) is 5.69 Å². The van der Waals surface area contributed by atoms with Crippen LogP contribution in [0.1, 0.15) is 24.8 Å². The van der Waals surface area contributed by atoms with Crippen LogP contribution >= 0.6 is 0 Å². The molecular formula is C18H28N4O3S. The lowest BCUT2D eigenvalue weighted by molar-refractivity contribution is -0.117. The molecular weight excluding hydrogens is 352 g/mol. The summed E-state index contributed by atoms with van der Waals surface area (Å²) in [7, 11) is -3.51. The third-order valence-corrected chi connectivity index (χ3v) is 7.02. The lowest BCUT2D eigenvalue weighted by atomic mass is 10.2. The first-order valence-corrected chi connectivity index (χ1v) is 10.7. The average molecular weight is 381 g/mol. The van der Waals surface area contributed by atoms with Crippen LogP contribution in [0.3, 0.4) is 0 Å². The van der Waals surface area contributed by atoms with Crippen molar-refractivity contribution in [2.45, 2.75) is 31.1 Å². The summed E-state index contributed by atoms with van der Waals surface area (Å²) >= 11 is 0. The lowest BCUT2D eigenvalue weighted by Gasteiger charge is -2.27. The molecule has 144 valence electrons. The molecule has 0 radical (unpaired) electrons. The second-order valence-corrected chi connectivity index (χ2v) is 8.93. The number of anilines is 1. The number of carbonyl (C=O) groups excluding carboxylic acids is 1. The third-order valence-electron chi connectivity index (χ3n) is 4.98. The minimum atomic E-state index is -3.51. The van der Waals surface area contributed by atoms with Gasteiger partial charge in [0, 0.05) is 45.0 Å². The number of piperidine rings is 1. The average Bonchev–Trinajstić information content (AvgIpc) is 2.64. The molecule has 2 N–H and O–H groups in total. The number of carbonyl (C=O) groups is 1. The van der Waals surface area contributed by atoms with E-state index >= 15 is 0 Å². The first-order chi connectivity index (χ1) is 12.5. The number of amides is 1. The van der Waals surface area contributed by atoms with Gasteiger partial charge in [0.05, 0.1) is 11.4 Å². The molecule has 2 saturated heterocycles. The molecule has 1 aromatic carbocycles. The molecule has 26 heavy (non-hydrogen) atoms. The maximum atomic E-state index is 13.0. The second-order valence-electron chi connectivity index (χ2n) is 7.02. The Bertz CT molecular complexity index is 739. The number of nitrogens with one attached hydrogen (secondary N) is 2. The Morgan fingerprint density at radius 2 is 1.81 bits per heavy atom. The van der Waals surface area contributed by atoms with E-state index in [1.807, 2.05) is 0 Å². The molecule has 0 spiro atoms. The van der Waals surface area contributed by atoms with E-state index in [2.05, 4.69) is 15.5 Å². The molecule has 0 bridgehead atoms. The van der Waals surface area contributed by atoms with Crippen molar-refractivity contribution in [3.63, 3.8) is 0 Å². The molecule has 2 aliphatic heterocycles. The zero-order chi connectivity index (χ0) is 18.6. The SMILES string of the molecule is Cc1ccc(NC(=O)CN2CCNCC2)cc1S(=O)(=O)N1CCCCC1. The third kappa shape index (κ3) is 4.62. The van der Waals surface area contributed by atoms with Crippen molar-refractivity contribution < 1.29 is 13.2 Å². The second kappa shape index (κ2) is 8.47. The molecule has 0 aromatic heterocycles. The molecule has 3 rings (SSSR count). The van der Waals surface area contributed by atoms with Gasteiger partial charge in [0.25, 0.3) is 0 Å². The van der Waals surface area contributed by atoms with Gasteiger partial charge in [-0.1, -0.05) is 12.5 Å². The van der Waals surface area contributed by atoms with Gasteiger partial charge in [-0.15, -0.1) is 0 Å². The van der Waals surface area contributed by atoms with E-state index in [9.17, 15) is 13.2 Å². The van der Waals surface area contributed by atoms with Gasteiger partial charge in [-0.2, -0.15) is 4.31 Å². The quantitative estimate of drug-likeness (QED) is 0.797. The molecule has 8 heteroatoms. The van der Waals surface area contributed by atoms with Gasteiger partial charge in [-0.25, -0.2) is 8.42 Å². The Morgan fingerprint density at radius 1 is 1.12 bits per heavy atom. The van der Waals surface area contributed by atoms with Gasteiger partial charge >= 0.3 is 0 Å². The van der Waals surface area contributed by atoms with E-state index in [0.29, 0.717) is 35.8 Å². The van der Waals surface area contributed by atoms with Crippen LogP contribution in [0.2, 0.25) is 0 Å². The van der Waals surface area contributed by atoms with Crippen molar-refractivity contribution >= 4 is 21.6 Å². The smallest absolute Gasteiger partial charge is 0.243 e. The molecule has 2 aliphatic rings. The summed E-state index contributed by atoms with van der Waals surface area (Å²) in [5.74, 6) is -0.114. The summed E-state index contributed by atoms with van der Waals surface area (Å²) in [4.78, 5) is 14.7. The highest BCUT2D eigenvalue weighted by Gasteiger charge is 2.27. The van der Waals surface area contributed by atoms with E-state index in [4.69, 9.17) is 0 Å². The highest BCUT2D eigenvalue weighted by molar-refractivity contribution is 7.89. The van der Waals surface area contributed by atoms with Gasteiger partial charge in [-0.3, -0.25) is 9.69 Å². The van der Waals surface area contributed by atoms with E-state index in [-0.39, 0.29) is 5.91 Å². The van der Waals surface area contributed by atoms with Gasteiger partial charge < -0.3 is 10.6 Å². The fourth-order valence-corrected chi connectivity index (χ4v) is 5.24. The lowest BCUT2D eigenvalue weighted by Crippen LogP contribution is -2.46. The van der Waals surface area contributed by atoms with Crippen molar-refractivity contribution in [2.24, 2.45) is 0 Å². The standard InChI is InChI=1S/C18H28N4O3S/c1-15-5-6-16(20-18(23)14-21-11-7-19-8-12-21)13-17(15)26(24,25)22-9-3-2-4-10-22/h5-6,13,19H,2-4,7-12,14H2,1H3,(H,20,23). The summed E-state index contributed by atoms with van der Waals surface area (Å²) < 4.78 is 27.5. The first-order valence-electron chi connectivity index (χ1n) is 9.30. The number of aryl methyl sites for hydroxylation is 1. The summed E-state index contributed by atoms with van der Waals surface area (Å²) in [5.41, 5.74) is 1.24. The van der Waals surface area contributed by atoms with E-state index in [1.54, 1.807) is 29.4 Å².